The Morgan fingerprint density at radius 1 is 1.24 bits per heavy atom. The maximum absolute atomic E-state index is 12.4. The van der Waals surface area contributed by atoms with Gasteiger partial charge in [0.25, 0.3) is 5.91 Å². The number of amides is 2. The molecule has 2 aromatic rings. The van der Waals surface area contributed by atoms with Crippen molar-refractivity contribution < 1.29 is 9.59 Å². The quantitative estimate of drug-likeness (QED) is 0.752. The summed E-state index contributed by atoms with van der Waals surface area (Å²) in [4.78, 5) is 24.1. The van der Waals surface area contributed by atoms with Crippen LogP contribution in [0.25, 0.3) is 0 Å². The van der Waals surface area contributed by atoms with E-state index >= 15 is 0 Å². The first-order valence-electron chi connectivity index (χ1n) is 8.13. The van der Waals surface area contributed by atoms with E-state index in [4.69, 9.17) is 0 Å². The fourth-order valence-electron chi connectivity index (χ4n) is 2.80. The summed E-state index contributed by atoms with van der Waals surface area (Å²) in [6.45, 7) is 1.81. The number of nitrogens with one attached hydrogen (secondary N) is 3. The zero-order valence-corrected chi connectivity index (χ0v) is 14.4. The van der Waals surface area contributed by atoms with E-state index in [0.29, 0.717) is 17.3 Å². The van der Waals surface area contributed by atoms with Crippen molar-refractivity contribution in [3.05, 3.63) is 47.3 Å². The molecule has 0 spiro atoms. The molecular weight excluding hydrogens is 342 g/mol. The zero-order valence-electron chi connectivity index (χ0n) is 13.6. The molecule has 0 atom stereocenters. The van der Waals surface area contributed by atoms with E-state index in [2.05, 4.69) is 21.0 Å². The van der Waals surface area contributed by atoms with E-state index in [9.17, 15) is 9.59 Å². The number of hydrogen-bond donors (Lipinski definition) is 3. The van der Waals surface area contributed by atoms with Crippen LogP contribution in [0, 0.1) is 0 Å². The minimum atomic E-state index is -0.174. The van der Waals surface area contributed by atoms with Gasteiger partial charge in [0.05, 0.1) is 11.9 Å². The Hall–Kier alpha value is -2.38. The average Bonchev–Trinajstić information content (AvgIpc) is 3.08. The first-order valence-corrected chi connectivity index (χ1v) is 8.13. The molecule has 132 valence electrons. The number of aromatic nitrogens is 2. The summed E-state index contributed by atoms with van der Waals surface area (Å²) in [7, 11) is 0. The first-order chi connectivity index (χ1) is 11.7. The topological polar surface area (TPSA) is 88.1 Å². The van der Waals surface area contributed by atoms with Crippen LogP contribution in [0.1, 0.15) is 34.3 Å². The van der Waals surface area contributed by atoms with Gasteiger partial charge in [0.1, 0.15) is 6.54 Å². The van der Waals surface area contributed by atoms with Crippen molar-refractivity contribution >= 4 is 29.9 Å². The van der Waals surface area contributed by atoms with Crippen molar-refractivity contribution in [1.82, 2.24) is 20.4 Å². The number of carbonyl (C=O) groups is 2. The molecule has 0 bridgehead atoms. The van der Waals surface area contributed by atoms with E-state index in [1.54, 1.807) is 12.4 Å². The molecule has 3 N–H and O–H groups in total. The number of anilines is 1. The molecule has 2 heterocycles. The summed E-state index contributed by atoms with van der Waals surface area (Å²) in [5.74, 6) is -0.226. The summed E-state index contributed by atoms with van der Waals surface area (Å²) in [5, 5.41) is 13.1. The smallest absolute Gasteiger partial charge is 0.255 e. The van der Waals surface area contributed by atoms with Gasteiger partial charge in [-0.2, -0.15) is 5.10 Å². The Balaban J connectivity index is 0.00000182. The summed E-state index contributed by atoms with van der Waals surface area (Å²) in [6.07, 6.45) is 5.33. The van der Waals surface area contributed by atoms with Gasteiger partial charge in [-0.1, -0.05) is 6.07 Å². The van der Waals surface area contributed by atoms with Gasteiger partial charge in [-0.3, -0.25) is 14.3 Å². The first kappa shape index (κ1) is 17.4. The predicted octanol–water partition coefficient (Wildman–Crippen LogP) is 1.44. The molecule has 1 fully saturated rings. The van der Waals surface area contributed by atoms with Crippen molar-refractivity contribution in [3.63, 3.8) is 0 Å². The number of benzene rings is 1. The third kappa shape index (κ3) is 4.18. The second kappa shape index (κ2) is 7.25. The van der Waals surface area contributed by atoms with Crippen LogP contribution in [0.5, 0.6) is 0 Å². The molecule has 1 aromatic heterocycles. The van der Waals surface area contributed by atoms with Gasteiger partial charge in [-0.05, 0) is 36.1 Å². The molecular formula is C17H20ClN5O2. The molecule has 0 unspecified atom stereocenters. The zero-order chi connectivity index (χ0) is 16.5. The van der Waals surface area contributed by atoms with Crippen LogP contribution in [0.2, 0.25) is 0 Å². The van der Waals surface area contributed by atoms with Crippen LogP contribution < -0.4 is 16.0 Å². The summed E-state index contributed by atoms with van der Waals surface area (Å²) < 4.78 is 1.53. The average molecular weight is 362 g/mol. The van der Waals surface area contributed by atoms with E-state index in [1.165, 1.54) is 10.2 Å². The third-order valence-electron chi connectivity index (χ3n) is 4.24. The lowest BCUT2D eigenvalue weighted by Gasteiger charge is -2.05. The highest BCUT2D eigenvalue weighted by Gasteiger charge is 2.23. The van der Waals surface area contributed by atoms with Gasteiger partial charge in [-0.15, -0.1) is 12.4 Å². The number of halogens is 1. The highest BCUT2D eigenvalue weighted by molar-refractivity contribution is 6.04. The van der Waals surface area contributed by atoms with Crippen molar-refractivity contribution in [2.75, 3.05) is 5.32 Å². The molecule has 25 heavy (non-hydrogen) atoms. The van der Waals surface area contributed by atoms with Gasteiger partial charge >= 0.3 is 0 Å². The molecule has 0 radical (unpaired) electrons. The highest BCUT2D eigenvalue weighted by atomic mass is 35.5. The predicted molar refractivity (Wildman–Crippen MR) is 95.6 cm³/mol. The lowest BCUT2D eigenvalue weighted by molar-refractivity contribution is -0.122. The van der Waals surface area contributed by atoms with Gasteiger partial charge in [-0.25, -0.2) is 0 Å². The molecule has 0 saturated heterocycles. The minimum absolute atomic E-state index is 0. The lowest BCUT2D eigenvalue weighted by atomic mass is 10.1. The van der Waals surface area contributed by atoms with Gasteiger partial charge < -0.3 is 16.0 Å². The molecule has 2 aliphatic rings. The number of carbonyl (C=O) groups excluding carboxylic acids is 2. The molecule has 8 heteroatoms. The normalized spacial score (nSPS) is 15.2. The Morgan fingerprint density at radius 2 is 2.04 bits per heavy atom. The van der Waals surface area contributed by atoms with E-state index in [1.807, 2.05) is 18.2 Å². The molecule has 1 saturated carbocycles. The van der Waals surface area contributed by atoms with Crippen LogP contribution in [0.15, 0.2) is 30.6 Å². The number of hydrogen-bond acceptors (Lipinski definition) is 4. The second-order valence-corrected chi connectivity index (χ2v) is 6.31. The largest absolute Gasteiger partial charge is 0.352 e. The summed E-state index contributed by atoms with van der Waals surface area (Å²) in [6, 6.07) is 6.06. The summed E-state index contributed by atoms with van der Waals surface area (Å²) >= 11 is 0. The molecule has 2 amide bonds. The van der Waals surface area contributed by atoms with Crippen LogP contribution in [-0.4, -0.2) is 27.6 Å². The number of nitrogens with zero attached hydrogens (tertiary/aromatic N) is 2. The van der Waals surface area contributed by atoms with Gasteiger partial charge in [0, 0.05) is 30.9 Å². The van der Waals surface area contributed by atoms with Crippen molar-refractivity contribution in [1.29, 1.82) is 0 Å². The number of rotatable bonds is 5. The van der Waals surface area contributed by atoms with E-state index < -0.39 is 0 Å². The fourth-order valence-corrected chi connectivity index (χ4v) is 2.80. The fraction of sp³-hybridized carbons (Fsp3) is 0.353. The van der Waals surface area contributed by atoms with Crippen LogP contribution in [0.3, 0.4) is 0 Å². The standard InChI is InChI=1S/C17H19N5O2.ClH/c23-16(20-14-3-4-14)10-22-9-15(8-19-22)21-17(24)11-1-2-12-6-18-7-13(12)5-11;/h1-2,5,8-9,14,18H,3-4,6-7,10H2,(H,20,23)(H,21,24);1H. The lowest BCUT2D eigenvalue weighted by Crippen LogP contribution is -2.29. The Bertz CT molecular complexity index is 800. The second-order valence-electron chi connectivity index (χ2n) is 6.31. The molecule has 1 aromatic carbocycles. The van der Waals surface area contributed by atoms with Crippen LogP contribution >= 0.6 is 12.4 Å². The SMILES string of the molecule is Cl.O=C(Cn1cc(NC(=O)c2ccc3c(c2)CNC3)cn1)NC1CC1. The Kier molecular flexibility index (Phi) is 5.06. The van der Waals surface area contributed by atoms with E-state index in [0.717, 1.165) is 31.5 Å². The summed E-state index contributed by atoms with van der Waals surface area (Å²) in [5.41, 5.74) is 3.60. The maximum Gasteiger partial charge on any atom is 0.255 e. The molecule has 1 aliphatic carbocycles. The van der Waals surface area contributed by atoms with Gasteiger partial charge in [0.2, 0.25) is 5.91 Å². The van der Waals surface area contributed by atoms with Crippen molar-refractivity contribution in [2.45, 2.75) is 38.5 Å². The number of fused-ring (bicyclic) bond motifs is 1. The van der Waals surface area contributed by atoms with Crippen molar-refractivity contribution in [2.24, 2.45) is 0 Å². The Morgan fingerprint density at radius 3 is 2.84 bits per heavy atom. The minimum Gasteiger partial charge on any atom is -0.352 e. The van der Waals surface area contributed by atoms with Gasteiger partial charge in [0.15, 0.2) is 0 Å². The van der Waals surface area contributed by atoms with Crippen molar-refractivity contribution in [3.8, 4) is 0 Å². The third-order valence-corrected chi connectivity index (χ3v) is 4.24. The van der Waals surface area contributed by atoms with Crippen LogP contribution in [0.4, 0.5) is 5.69 Å². The Labute approximate surface area is 151 Å². The van der Waals surface area contributed by atoms with Crippen LogP contribution in [-0.2, 0) is 24.4 Å². The van der Waals surface area contributed by atoms with E-state index in [-0.39, 0.29) is 30.8 Å². The molecule has 4 rings (SSSR count). The monoisotopic (exact) mass is 361 g/mol. The highest BCUT2D eigenvalue weighted by Crippen LogP contribution is 2.19. The molecule has 7 nitrogen and oxygen atoms in total. The maximum atomic E-state index is 12.4. The molecule has 1 aliphatic heterocycles.